The molecule has 9 heteroatoms. The molecular weight excluding hydrogens is 709 g/mol. The van der Waals surface area contributed by atoms with Crippen molar-refractivity contribution < 1.29 is 21.9 Å². The van der Waals surface area contributed by atoms with Crippen LogP contribution in [0.4, 0.5) is 0 Å². The molecule has 0 amide bonds. The van der Waals surface area contributed by atoms with Crippen molar-refractivity contribution in [2.75, 3.05) is 6.61 Å². The second-order valence-corrected chi connectivity index (χ2v) is 32.4. The minimum absolute atomic E-state index is 0.289. The van der Waals surface area contributed by atoms with Crippen LogP contribution >= 0.6 is 0 Å². The van der Waals surface area contributed by atoms with Crippen LogP contribution in [0.1, 0.15) is 191 Å². The van der Waals surface area contributed by atoms with E-state index in [2.05, 4.69) is 68.9 Å². The molecule has 0 rings (SSSR count). The molecule has 0 heterocycles. The summed E-state index contributed by atoms with van der Waals surface area (Å²) in [6.07, 6.45) is 22.6. The van der Waals surface area contributed by atoms with E-state index in [1.807, 2.05) is 0 Å². The highest BCUT2D eigenvalue weighted by Gasteiger charge is 2.56. The summed E-state index contributed by atoms with van der Waals surface area (Å²) in [4.78, 5) is 12.6. The van der Waals surface area contributed by atoms with Crippen molar-refractivity contribution in [3.8, 4) is 0 Å². The molecule has 310 valence electrons. The lowest BCUT2D eigenvalue weighted by Crippen LogP contribution is -2.65. The molecule has 0 aromatic heterocycles. The molecule has 0 aliphatic rings. The molecule has 0 aliphatic heterocycles. The van der Waals surface area contributed by atoms with E-state index in [-0.39, 0.29) is 5.97 Å². The smallest absolute Gasteiger partial charge is 0.462 e. The van der Waals surface area contributed by atoms with Crippen LogP contribution in [0.25, 0.3) is 0 Å². The molecule has 0 aromatic rings. The molecule has 5 nitrogen and oxygen atoms in total. The van der Waals surface area contributed by atoms with Gasteiger partial charge in [-0.1, -0.05) is 184 Å². The summed E-state index contributed by atoms with van der Waals surface area (Å²) in [5.41, 5.74) is 0.465. The highest BCUT2D eigenvalue weighted by atomic mass is 28.5. The lowest BCUT2D eigenvalue weighted by atomic mass is 10.4. The average Bonchev–Trinajstić information content (AvgIpc) is 3.14. The number of rotatable bonds is 38. The van der Waals surface area contributed by atoms with Gasteiger partial charge in [-0.3, -0.25) is 0 Å². The van der Waals surface area contributed by atoms with Gasteiger partial charge in [0.1, 0.15) is 0 Å². The number of carbonyl (C=O) groups excluding carboxylic acids is 1. The summed E-state index contributed by atoms with van der Waals surface area (Å²) in [5.74, 6) is -0.289. The van der Waals surface area contributed by atoms with Crippen molar-refractivity contribution in [2.24, 2.45) is 0 Å². The normalized spacial score (nSPS) is 12.8. The van der Waals surface area contributed by atoms with Crippen molar-refractivity contribution in [1.29, 1.82) is 0 Å². The van der Waals surface area contributed by atoms with Gasteiger partial charge >= 0.3 is 14.8 Å². The highest BCUT2D eigenvalue weighted by molar-refractivity contribution is 6.92. The molecule has 0 spiro atoms. The molecule has 0 fully saturated rings. The second kappa shape index (κ2) is 31.1. The zero-order valence-electron chi connectivity index (χ0n) is 37.0. The van der Waals surface area contributed by atoms with Gasteiger partial charge in [-0.15, -0.1) is 0 Å². The Hall–Kier alpha value is -0.0425. The van der Waals surface area contributed by atoms with Gasteiger partial charge < -0.3 is 17.1 Å². The van der Waals surface area contributed by atoms with Gasteiger partial charge in [0.15, 0.2) is 25.0 Å². The predicted molar refractivity (Wildman–Crippen MR) is 239 cm³/mol. The molecule has 0 saturated carbocycles. The summed E-state index contributed by atoms with van der Waals surface area (Å²) in [6.45, 7) is 27.1. The summed E-state index contributed by atoms with van der Waals surface area (Å²) in [5, 5.41) is 0. The van der Waals surface area contributed by atoms with E-state index in [4.69, 9.17) is 17.1 Å². The first-order chi connectivity index (χ1) is 25.0. The Labute approximate surface area is 330 Å². The Morgan fingerprint density at radius 2 is 0.635 bits per heavy atom. The predicted octanol–water partition coefficient (Wildman–Crippen LogP) is 15.5. The number of esters is 1. The van der Waals surface area contributed by atoms with Gasteiger partial charge in [-0.25, -0.2) is 4.79 Å². The minimum atomic E-state index is -3.28. The molecule has 52 heavy (non-hydrogen) atoms. The fourth-order valence-corrected chi connectivity index (χ4v) is 34.1. The first-order valence-electron chi connectivity index (χ1n) is 22.9. The molecule has 0 N–H and O–H groups in total. The number of hydrogen-bond donors (Lipinski definition) is 0. The van der Waals surface area contributed by atoms with E-state index >= 15 is 0 Å². The standard InChI is InChI=1S/C43H92O5Si4/c1-12-21-32-49(33-22-13-2,34-23-14-3)46-52(41-30-31-45-43(44)42(10)11,47-50(35-24-15-4,36-25-16-5)37-26-17-6)48-51(38-27-18-7,39-28-19-8)40-29-20-9/h10,12-41H2,1-9,11H3. The van der Waals surface area contributed by atoms with E-state index in [1.165, 1.54) is 170 Å². The Balaban J connectivity index is 7.98. The summed E-state index contributed by atoms with van der Waals surface area (Å²) >= 11 is 0. The third kappa shape index (κ3) is 21.3. The molecule has 0 aliphatic carbocycles. The van der Waals surface area contributed by atoms with E-state index in [1.54, 1.807) is 6.92 Å². The van der Waals surface area contributed by atoms with Gasteiger partial charge in [0.2, 0.25) is 0 Å². The SMILES string of the molecule is C=C(C)C(=O)OCCC[Si](O[Si](CCCC)(CCCC)CCCC)(O[Si](CCCC)(CCCC)CCCC)O[Si](CCCC)(CCCC)CCCC. The Kier molecular flexibility index (Phi) is 31.1. The lowest BCUT2D eigenvalue weighted by molar-refractivity contribution is -0.139. The monoisotopic (exact) mass is 801 g/mol. The van der Waals surface area contributed by atoms with E-state index in [0.717, 1.165) is 12.5 Å². The largest absolute Gasteiger partial charge is 0.469 e. The summed E-state index contributed by atoms with van der Waals surface area (Å²) < 4.78 is 30.8. The first kappa shape index (κ1) is 52.0. The molecule has 0 aromatic carbocycles. The van der Waals surface area contributed by atoms with E-state index in [9.17, 15) is 4.79 Å². The maximum Gasteiger partial charge on any atom is 0.469 e. The van der Waals surface area contributed by atoms with Crippen molar-refractivity contribution >= 4 is 39.7 Å². The van der Waals surface area contributed by atoms with Crippen LogP contribution in [0.2, 0.25) is 60.4 Å². The van der Waals surface area contributed by atoms with Crippen LogP contribution < -0.4 is 0 Å². The molecule has 0 atom stereocenters. The van der Waals surface area contributed by atoms with Crippen LogP contribution in [0.3, 0.4) is 0 Å². The molecule has 0 unspecified atom stereocenters. The van der Waals surface area contributed by atoms with Gasteiger partial charge in [-0.2, -0.15) is 0 Å². The van der Waals surface area contributed by atoms with Crippen molar-refractivity contribution in [1.82, 2.24) is 0 Å². The van der Waals surface area contributed by atoms with Gasteiger partial charge in [-0.05, 0) is 67.7 Å². The average molecular weight is 802 g/mol. The number of ether oxygens (including phenoxy) is 1. The fourth-order valence-electron chi connectivity index (χ4n) is 7.86. The van der Waals surface area contributed by atoms with Gasteiger partial charge in [0.05, 0.1) is 6.61 Å². The number of unbranched alkanes of at least 4 members (excludes halogenated alkanes) is 9. The van der Waals surface area contributed by atoms with Crippen LogP contribution in [-0.2, 0) is 21.9 Å². The van der Waals surface area contributed by atoms with Crippen molar-refractivity contribution in [3.05, 3.63) is 12.2 Å². The highest BCUT2D eigenvalue weighted by Crippen LogP contribution is 2.43. The molecule has 0 radical (unpaired) electrons. The maximum atomic E-state index is 12.6. The quantitative estimate of drug-likeness (QED) is 0.0269. The molecule has 0 bridgehead atoms. The van der Waals surface area contributed by atoms with Crippen LogP contribution in [0.15, 0.2) is 12.2 Å². The Morgan fingerprint density at radius 3 is 0.827 bits per heavy atom. The summed E-state index contributed by atoms with van der Waals surface area (Å²) in [7, 11) is -10.0. The summed E-state index contributed by atoms with van der Waals surface area (Å²) in [6, 6.07) is 11.8. The van der Waals surface area contributed by atoms with Gasteiger partial charge in [0.25, 0.3) is 0 Å². The topological polar surface area (TPSA) is 54.0 Å². The molecular formula is C43H92O5Si4. The number of carbonyl (C=O) groups is 1. The van der Waals surface area contributed by atoms with Crippen molar-refractivity contribution in [2.45, 2.75) is 252 Å². The fraction of sp³-hybridized carbons (Fsp3) is 0.930. The zero-order chi connectivity index (χ0) is 39.2. The van der Waals surface area contributed by atoms with E-state index < -0.39 is 33.8 Å². The first-order valence-corrected chi connectivity index (χ1v) is 32.4. The molecule has 0 saturated heterocycles. The van der Waals surface area contributed by atoms with Gasteiger partial charge in [0, 0.05) is 11.6 Å². The van der Waals surface area contributed by atoms with E-state index in [0.29, 0.717) is 12.2 Å². The third-order valence-electron chi connectivity index (χ3n) is 11.2. The zero-order valence-corrected chi connectivity index (χ0v) is 41.0. The second-order valence-electron chi connectivity index (χ2n) is 16.5. The number of hydrogen-bond acceptors (Lipinski definition) is 5. The Bertz CT molecular complexity index is 737. The lowest BCUT2D eigenvalue weighted by Gasteiger charge is -2.50. The van der Waals surface area contributed by atoms with Crippen LogP contribution in [0.5, 0.6) is 0 Å². The third-order valence-corrected chi connectivity index (χ3v) is 32.5. The van der Waals surface area contributed by atoms with Crippen LogP contribution in [-0.4, -0.2) is 46.3 Å². The maximum absolute atomic E-state index is 12.6. The van der Waals surface area contributed by atoms with Crippen molar-refractivity contribution in [3.63, 3.8) is 0 Å². The minimum Gasteiger partial charge on any atom is -0.462 e. The Morgan fingerprint density at radius 1 is 0.404 bits per heavy atom. The van der Waals surface area contributed by atoms with Crippen LogP contribution in [0, 0.1) is 0 Å².